The van der Waals surface area contributed by atoms with Gasteiger partial charge in [-0.25, -0.2) is 8.78 Å². The summed E-state index contributed by atoms with van der Waals surface area (Å²) in [7, 11) is 0. The van der Waals surface area contributed by atoms with Crippen LogP contribution in [-0.2, 0) is 13.1 Å². The SMILES string of the molecule is Cc1cc2c(cc(C(=O)N3CCN(Cc4ccccc4)CC3)n2Cc2cc(F)cc(F)c2)o1. The van der Waals surface area contributed by atoms with E-state index in [1.807, 2.05) is 36.1 Å². The number of furan rings is 1. The molecule has 0 aliphatic carbocycles. The van der Waals surface area contributed by atoms with E-state index >= 15 is 0 Å². The van der Waals surface area contributed by atoms with Crippen molar-refractivity contribution in [2.75, 3.05) is 26.2 Å². The number of carbonyl (C=O) groups is 1. The van der Waals surface area contributed by atoms with Crippen LogP contribution in [-0.4, -0.2) is 46.5 Å². The van der Waals surface area contributed by atoms with Gasteiger partial charge in [-0.15, -0.1) is 0 Å². The second-order valence-electron chi connectivity index (χ2n) is 8.55. The Morgan fingerprint density at radius 1 is 0.879 bits per heavy atom. The Kier molecular flexibility index (Phi) is 5.72. The number of fused-ring (bicyclic) bond motifs is 1. The van der Waals surface area contributed by atoms with Crippen molar-refractivity contribution in [3.05, 3.63) is 94.9 Å². The van der Waals surface area contributed by atoms with Crippen molar-refractivity contribution in [2.24, 2.45) is 0 Å². The summed E-state index contributed by atoms with van der Waals surface area (Å²) in [4.78, 5) is 17.6. The van der Waals surface area contributed by atoms with Gasteiger partial charge in [0.05, 0.1) is 5.52 Å². The summed E-state index contributed by atoms with van der Waals surface area (Å²) in [5.41, 5.74) is 3.50. The Labute approximate surface area is 190 Å². The third kappa shape index (κ3) is 4.54. The van der Waals surface area contributed by atoms with Crippen LogP contribution in [0.4, 0.5) is 8.78 Å². The molecule has 0 unspecified atom stereocenters. The van der Waals surface area contributed by atoms with Crippen molar-refractivity contribution in [3.8, 4) is 0 Å². The van der Waals surface area contributed by atoms with Crippen molar-refractivity contribution >= 4 is 17.0 Å². The Hall–Kier alpha value is -3.45. The van der Waals surface area contributed by atoms with Gasteiger partial charge in [-0.05, 0) is 30.2 Å². The molecule has 1 fully saturated rings. The van der Waals surface area contributed by atoms with E-state index in [1.165, 1.54) is 17.7 Å². The molecule has 33 heavy (non-hydrogen) atoms. The van der Waals surface area contributed by atoms with E-state index in [4.69, 9.17) is 4.42 Å². The third-order valence-electron chi connectivity index (χ3n) is 6.10. The highest BCUT2D eigenvalue weighted by atomic mass is 19.1. The molecular weight excluding hydrogens is 424 g/mol. The van der Waals surface area contributed by atoms with E-state index in [-0.39, 0.29) is 12.5 Å². The van der Waals surface area contributed by atoms with Crippen molar-refractivity contribution in [3.63, 3.8) is 0 Å². The minimum Gasteiger partial charge on any atom is -0.460 e. The van der Waals surface area contributed by atoms with Crippen LogP contribution in [0.3, 0.4) is 0 Å². The monoisotopic (exact) mass is 449 g/mol. The highest BCUT2D eigenvalue weighted by Gasteiger charge is 2.26. The number of hydrogen-bond donors (Lipinski definition) is 0. The number of piperazine rings is 1. The maximum Gasteiger partial charge on any atom is 0.270 e. The predicted octanol–water partition coefficient (Wildman–Crippen LogP) is 4.83. The standard InChI is InChI=1S/C26H25F2N3O2/c1-18-11-23-25(33-18)15-24(31(23)17-20-12-21(27)14-22(28)13-20)26(32)30-9-7-29(8-10-30)16-19-5-3-2-4-6-19/h2-6,11-15H,7-10,16-17H2,1H3. The Balaban J connectivity index is 1.36. The molecule has 1 aliphatic rings. The topological polar surface area (TPSA) is 41.6 Å². The van der Waals surface area contributed by atoms with Gasteiger partial charge in [-0.1, -0.05) is 30.3 Å². The molecule has 5 nitrogen and oxygen atoms in total. The number of amides is 1. The lowest BCUT2D eigenvalue weighted by atomic mass is 10.2. The molecule has 1 saturated heterocycles. The van der Waals surface area contributed by atoms with Crippen molar-refractivity contribution in [1.29, 1.82) is 0 Å². The first-order chi connectivity index (χ1) is 16.0. The number of rotatable bonds is 5. The third-order valence-corrected chi connectivity index (χ3v) is 6.10. The Bertz CT molecular complexity index is 1270. The second-order valence-corrected chi connectivity index (χ2v) is 8.55. The molecule has 3 heterocycles. The van der Waals surface area contributed by atoms with Crippen LogP contribution < -0.4 is 0 Å². The number of carbonyl (C=O) groups excluding carboxylic acids is 1. The van der Waals surface area contributed by atoms with Gasteiger partial charge in [0.2, 0.25) is 0 Å². The molecule has 170 valence electrons. The van der Waals surface area contributed by atoms with Gasteiger partial charge in [0.1, 0.15) is 23.1 Å². The zero-order valence-corrected chi connectivity index (χ0v) is 18.4. The van der Waals surface area contributed by atoms with E-state index in [0.29, 0.717) is 35.7 Å². The van der Waals surface area contributed by atoms with E-state index in [0.717, 1.165) is 31.2 Å². The zero-order chi connectivity index (χ0) is 22.9. The van der Waals surface area contributed by atoms with Gasteiger partial charge >= 0.3 is 0 Å². The summed E-state index contributed by atoms with van der Waals surface area (Å²) in [6, 6.07) is 17.3. The van der Waals surface area contributed by atoms with Crippen LogP contribution in [0.2, 0.25) is 0 Å². The van der Waals surface area contributed by atoms with Gasteiger partial charge in [0.15, 0.2) is 5.58 Å². The summed E-state index contributed by atoms with van der Waals surface area (Å²) in [6.45, 7) is 5.66. The second kappa shape index (κ2) is 8.83. The normalized spacial score (nSPS) is 14.8. The van der Waals surface area contributed by atoms with Gasteiger partial charge in [0.25, 0.3) is 5.91 Å². The summed E-state index contributed by atoms with van der Waals surface area (Å²) < 4.78 is 35.1. The van der Waals surface area contributed by atoms with E-state index in [9.17, 15) is 13.6 Å². The number of benzene rings is 2. The van der Waals surface area contributed by atoms with Gasteiger partial charge in [-0.2, -0.15) is 0 Å². The molecule has 0 radical (unpaired) electrons. The number of aryl methyl sites for hydroxylation is 1. The summed E-state index contributed by atoms with van der Waals surface area (Å²) in [6.07, 6.45) is 0. The van der Waals surface area contributed by atoms with Gasteiger partial charge in [-0.3, -0.25) is 9.69 Å². The van der Waals surface area contributed by atoms with Crippen LogP contribution in [0.15, 0.2) is 65.1 Å². The summed E-state index contributed by atoms with van der Waals surface area (Å²) >= 11 is 0. The predicted molar refractivity (Wildman–Crippen MR) is 122 cm³/mol. The molecule has 7 heteroatoms. The van der Waals surface area contributed by atoms with Gasteiger partial charge < -0.3 is 13.9 Å². The lowest BCUT2D eigenvalue weighted by molar-refractivity contribution is 0.0619. The fourth-order valence-electron chi connectivity index (χ4n) is 4.51. The minimum atomic E-state index is -0.640. The number of aromatic nitrogens is 1. The van der Waals surface area contributed by atoms with Crippen LogP contribution in [0.25, 0.3) is 11.1 Å². The zero-order valence-electron chi connectivity index (χ0n) is 18.4. The smallest absolute Gasteiger partial charge is 0.270 e. The molecule has 1 amide bonds. The first kappa shape index (κ1) is 21.4. The fourth-order valence-corrected chi connectivity index (χ4v) is 4.51. The van der Waals surface area contributed by atoms with Crippen LogP contribution >= 0.6 is 0 Å². The van der Waals surface area contributed by atoms with E-state index in [1.54, 1.807) is 10.6 Å². The van der Waals surface area contributed by atoms with Gasteiger partial charge in [0, 0.05) is 57.5 Å². The van der Waals surface area contributed by atoms with E-state index < -0.39 is 11.6 Å². The first-order valence-corrected chi connectivity index (χ1v) is 11.1. The molecule has 0 bridgehead atoms. The van der Waals surface area contributed by atoms with Crippen molar-refractivity contribution < 1.29 is 18.0 Å². The molecule has 1 aliphatic heterocycles. The quantitative estimate of drug-likeness (QED) is 0.438. The van der Waals surface area contributed by atoms with Crippen LogP contribution in [0, 0.1) is 18.6 Å². The van der Waals surface area contributed by atoms with Crippen LogP contribution in [0.5, 0.6) is 0 Å². The summed E-state index contributed by atoms with van der Waals surface area (Å²) in [5.74, 6) is -0.665. The van der Waals surface area contributed by atoms with E-state index in [2.05, 4.69) is 17.0 Å². The maximum absolute atomic E-state index is 13.8. The highest BCUT2D eigenvalue weighted by Crippen LogP contribution is 2.26. The molecule has 0 spiro atoms. The molecule has 5 rings (SSSR count). The largest absolute Gasteiger partial charge is 0.460 e. The fraction of sp³-hybridized carbons (Fsp3) is 0.269. The number of nitrogens with zero attached hydrogens (tertiary/aromatic N) is 3. The molecule has 2 aromatic heterocycles. The first-order valence-electron chi connectivity index (χ1n) is 11.1. The highest BCUT2D eigenvalue weighted by molar-refractivity contribution is 5.97. The molecule has 0 N–H and O–H groups in total. The molecule has 0 saturated carbocycles. The summed E-state index contributed by atoms with van der Waals surface area (Å²) in [5, 5.41) is 0. The maximum atomic E-state index is 13.8. The average Bonchev–Trinajstić information content (AvgIpc) is 3.31. The van der Waals surface area contributed by atoms with Crippen molar-refractivity contribution in [1.82, 2.24) is 14.4 Å². The minimum absolute atomic E-state index is 0.102. The lowest BCUT2D eigenvalue weighted by Crippen LogP contribution is -2.48. The average molecular weight is 450 g/mol. The lowest BCUT2D eigenvalue weighted by Gasteiger charge is -2.35. The number of halogens is 2. The molecule has 0 atom stereocenters. The molecule has 2 aromatic carbocycles. The van der Waals surface area contributed by atoms with Crippen molar-refractivity contribution in [2.45, 2.75) is 20.0 Å². The van der Waals surface area contributed by atoms with Crippen LogP contribution in [0.1, 0.15) is 27.4 Å². The molecule has 4 aromatic rings. The number of hydrogen-bond acceptors (Lipinski definition) is 3. The Morgan fingerprint density at radius 3 is 2.27 bits per heavy atom. The Morgan fingerprint density at radius 2 is 1.58 bits per heavy atom. The molecular formula is C26H25F2N3O2.